The Morgan fingerprint density at radius 1 is 0.615 bits per heavy atom. The summed E-state index contributed by atoms with van der Waals surface area (Å²) in [6, 6.07) is 3.42. The monoisotopic (exact) mass is 1210 g/mol. The van der Waals surface area contributed by atoms with Gasteiger partial charge in [-0.25, -0.2) is 9.59 Å². The summed E-state index contributed by atoms with van der Waals surface area (Å²) in [4.78, 5) is 47.7. The molecule has 0 aliphatic rings. The van der Waals surface area contributed by atoms with E-state index in [1.165, 1.54) is 0 Å². The van der Waals surface area contributed by atoms with Gasteiger partial charge in [-0.1, -0.05) is 0 Å². The molecule has 16 heteroatoms. The Morgan fingerprint density at radius 3 is 1.31 bits per heavy atom. The molecule has 39 heavy (non-hydrogen) atoms. The normalized spacial score (nSPS) is 10.8. The number of nitrogens with one attached hydrogen (secondary N) is 2. The third-order valence-electron chi connectivity index (χ3n) is 4.82. The molecular weight excluding hydrogens is 1190 g/mol. The number of carboxylic acids is 2. The molecule has 0 atom stereocenters. The van der Waals surface area contributed by atoms with Crippen LogP contribution in [0.3, 0.4) is 0 Å². The largest absolute Gasteiger partial charge is 0.478 e. The van der Waals surface area contributed by atoms with Crippen molar-refractivity contribution in [3.8, 4) is 0 Å². The van der Waals surface area contributed by atoms with E-state index in [4.69, 9.17) is 9.47 Å². The third kappa shape index (κ3) is 11.0. The summed E-state index contributed by atoms with van der Waals surface area (Å²) >= 11 is 11.9. The molecule has 212 valence electrons. The van der Waals surface area contributed by atoms with E-state index < -0.39 is 11.9 Å². The van der Waals surface area contributed by atoms with Crippen molar-refractivity contribution >= 4 is 171 Å². The first-order valence-corrected chi connectivity index (χ1v) is 17.4. The fourth-order valence-electron chi connectivity index (χ4n) is 3.00. The van der Waals surface area contributed by atoms with Crippen LogP contribution in [0.15, 0.2) is 12.1 Å². The summed E-state index contributed by atoms with van der Waals surface area (Å²) in [6.07, 6.45) is 0.801. The van der Waals surface area contributed by atoms with E-state index in [9.17, 15) is 29.4 Å². The Morgan fingerprint density at radius 2 is 0.974 bits per heavy atom. The van der Waals surface area contributed by atoms with Crippen molar-refractivity contribution < 1.29 is 38.9 Å². The molecule has 0 aliphatic carbocycles. The van der Waals surface area contributed by atoms with E-state index >= 15 is 0 Å². The summed E-state index contributed by atoms with van der Waals surface area (Å²) in [5.74, 6) is -2.66. The van der Waals surface area contributed by atoms with Crippen LogP contribution in [0.25, 0.3) is 0 Å². The van der Waals surface area contributed by atoms with E-state index in [0.29, 0.717) is 45.3 Å². The lowest BCUT2D eigenvalue weighted by molar-refractivity contribution is -0.117. The highest BCUT2D eigenvalue weighted by Crippen LogP contribution is 2.33. The van der Waals surface area contributed by atoms with Gasteiger partial charge in [0.15, 0.2) is 0 Å². The highest BCUT2D eigenvalue weighted by Gasteiger charge is 2.21. The number of halogens is 6. The Hall–Kier alpha value is 0.620. The van der Waals surface area contributed by atoms with Crippen LogP contribution in [0.4, 0.5) is 11.4 Å². The van der Waals surface area contributed by atoms with Crippen LogP contribution in [0.5, 0.6) is 0 Å². The van der Waals surface area contributed by atoms with Gasteiger partial charge in [0.05, 0.1) is 55.7 Å². The number of ether oxygens (including phenoxy) is 2. The molecule has 0 saturated heterocycles. The minimum absolute atomic E-state index is 0.112. The van der Waals surface area contributed by atoms with Crippen LogP contribution in [-0.4, -0.2) is 60.4 Å². The second-order valence-corrected chi connectivity index (χ2v) is 14.4. The molecule has 0 radical (unpaired) electrons. The van der Waals surface area contributed by atoms with Crippen molar-refractivity contribution in [3.05, 3.63) is 44.7 Å². The molecule has 10 nitrogen and oxygen atoms in total. The number of benzene rings is 2. The summed E-state index contributed by atoms with van der Waals surface area (Å²) in [5.41, 5.74) is 1.27. The van der Waals surface area contributed by atoms with Crippen LogP contribution >= 0.6 is 136 Å². The van der Waals surface area contributed by atoms with Crippen LogP contribution in [0.1, 0.15) is 40.0 Å². The molecule has 0 heterocycles. The van der Waals surface area contributed by atoms with E-state index in [-0.39, 0.29) is 49.0 Å². The van der Waals surface area contributed by atoms with Gasteiger partial charge in [-0.2, -0.15) is 0 Å². The fourth-order valence-corrected chi connectivity index (χ4v) is 11.2. The van der Waals surface area contributed by atoms with Crippen LogP contribution in [0, 0.1) is 21.4 Å². The molecule has 0 aromatic heterocycles. The maximum atomic E-state index is 12.3. The molecule has 2 aromatic rings. The Labute approximate surface area is 306 Å². The van der Waals surface area contributed by atoms with Gasteiger partial charge in [0.2, 0.25) is 11.8 Å². The molecule has 2 rings (SSSR count). The predicted octanol–water partition coefficient (Wildman–Crippen LogP) is 6.49. The maximum Gasteiger partial charge on any atom is 0.337 e. The molecule has 0 bridgehead atoms. The first-order valence-electron chi connectivity index (χ1n) is 10.9. The number of amides is 2. The predicted molar refractivity (Wildman–Crippen MR) is 196 cm³/mol. The molecule has 0 spiro atoms. The Kier molecular flexibility index (Phi) is 16.2. The van der Waals surface area contributed by atoms with Gasteiger partial charge in [-0.15, -0.1) is 0 Å². The summed E-state index contributed by atoms with van der Waals surface area (Å²) in [6.45, 7) is 1.14. The van der Waals surface area contributed by atoms with E-state index in [1.807, 2.05) is 90.4 Å². The number of anilines is 2. The maximum absolute atomic E-state index is 12.3. The molecule has 2 amide bonds. The molecule has 0 aliphatic heterocycles. The van der Waals surface area contributed by atoms with Gasteiger partial charge in [0.1, 0.15) is 0 Å². The molecular formula is C23H20I6N2O8. The highest BCUT2D eigenvalue weighted by atomic mass is 127. The lowest BCUT2D eigenvalue weighted by Gasteiger charge is -2.14. The van der Waals surface area contributed by atoms with Crippen LogP contribution < -0.4 is 10.6 Å². The SMILES string of the molecule is O=C(CCOCCCOCCC(=O)Nc1c(I)cc(I)c(C(=O)O)c1I)Nc1c(I)cc(I)c(C(=O)O)c1I. The topological polar surface area (TPSA) is 151 Å². The average Bonchev–Trinajstić information content (AvgIpc) is 2.82. The number of carbonyl (C=O) groups excluding carboxylic acids is 2. The van der Waals surface area contributed by atoms with Crippen molar-refractivity contribution in [1.29, 1.82) is 0 Å². The Balaban J connectivity index is 1.66. The van der Waals surface area contributed by atoms with E-state index in [0.717, 1.165) is 7.14 Å². The van der Waals surface area contributed by atoms with Gasteiger partial charge in [0.25, 0.3) is 0 Å². The lowest BCUT2D eigenvalue weighted by Crippen LogP contribution is -2.18. The minimum atomic E-state index is -1.05. The quantitative estimate of drug-likeness (QED) is 0.124. The number of hydrogen-bond donors (Lipinski definition) is 4. The number of carboxylic acid groups (broad SMARTS) is 2. The highest BCUT2D eigenvalue weighted by molar-refractivity contribution is 14.1. The average molecular weight is 1210 g/mol. The second kappa shape index (κ2) is 17.7. The summed E-state index contributed by atoms with van der Waals surface area (Å²) in [7, 11) is 0. The number of carbonyl (C=O) groups is 4. The first kappa shape index (κ1) is 35.8. The van der Waals surface area contributed by atoms with Gasteiger partial charge >= 0.3 is 11.9 Å². The van der Waals surface area contributed by atoms with Crippen molar-refractivity contribution in [1.82, 2.24) is 0 Å². The van der Waals surface area contributed by atoms with E-state index in [2.05, 4.69) is 55.8 Å². The van der Waals surface area contributed by atoms with Crippen molar-refractivity contribution in [2.75, 3.05) is 37.1 Å². The number of rotatable bonds is 14. The minimum Gasteiger partial charge on any atom is -0.478 e. The molecule has 4 N–H and O–H groups in total. The standard InChI is InChI=1S/C23H20I6N2O8/c24-10-8-12(26)20(18(28)16(10)22(34)35)30-14(32)2-6-38-4-1-5-39-7-3-15(33)31-21-13(27)9-11(25)17(19(21)29)23(36)37/h8-9H,1-7H2,(H,30,32)(H,31,33)(H,34,35)(H,36,37). The van der Waals surface area contributed by atoms with Gasteiger partial charge in [-0.3, -0.25) is 9.59 Å². The Bertz CT molecular complexity index is 1180. The fraction of sp³-hybridized carbons (Fsp3) is 0.304. The molecule has 2 aromatic carbocycles. The summed E-state index contributed by atoms with van der Waals surface area (Å²) in [5, 5.41) is 24.4. The summed E-state index contributed by atoms with van der Waals surface area (Å²) < 4.78 is 14.6. The smallest absolute Gasteiger partial charge is 0.337 e. The first-order chi connectivity index (χ1) is 18.3. The van der Waals surface area contributed by atoms with Crippen molar-refractivity contribution in [2.24, 2.45) is 0 Å². The van der Waals surface area contributed by atoms with Gasteiger partial charge in [-0.05, 0) is 154 Å². The van der Waals surface area contributed by atoms with Gasteiger partial charge < -0.3 is 30.3 Å². The van der Waals surface area contributed by atoms with Gasteiger partial charge in [0, 0.05) is 27.5 Å². The second-order valence-electron chi connectivity index (χ2n) is 7.59. The lowest BCUT2D eigenvalue weighted by atomic mass is 10.2. The van der Waals surface area contributed by atoms with Crippen LogP contribution in [-0.2, 0) is 19.1 Å². The van der Waals surface area contributed by atoms with E-state index in [1.54, 1.807) is 12.1 Å². The molecule has 0 unspecified atom stereocenters. The number of hydrogen-bond acceptors (Lipinski definition) is 6. The molecule has 0 saturated carbocycles. The third-order valence-corrected chi connectivity index (χ3v) is 10.4. The zero-order valence-electron chi connectivity index (χ0n) is 19.7. The zero-order chi connectivity index (χ0) is 29.3. The van der Waals surface area contributed by atoms with Crippen LogP contribution in [0.2, 0.25) is 0 Å². The zero-order valence-corrected chi connectivity index (χ0v) is 32.7. The number of aromatic carboxylic acids is 2. The molecule has 0 fully saturated rings. The van der Waals surface area contributed by atoms with Crippen molar-refractivity contribution in [2.45, 2.75) is 19.3 Å². The van der Waals surface area contributed by atoms with Crippen molar-refractivity contribution in [3.63, 3.8) is 0 Å².